The molecule has 14 heavy (non-hydrogen) atoms. The van der Waals surface area contributed by atoms with Gasteiger partial charge in [-0.2, -0.15) is 5.26 Å². The average molecular weight is 189 g/mol. The molecule has 0 saturated carbocycles. The highest BCUT2D eigenvalue weighted by Crippen LogP contribution is 2.14. The summed E-state index contributed by atoms with van der Waals surface area (Å²) in [6, 6.07) is 5.68. The lowest BCUT2D eigenvalue weighted by Crippen LogP contribution is -2.38. The molecule has 0 aliphatic carbocycles. The Morgan fingerprint density at radius 2 is 1.93 bits per heavy atom. The number of nitriles is 1. The molecule has 0 aliphatic rings. The number of hydrogen-bond donors (Lipinski definition) is 1. The molecule has 74 valence electrons. The lowest BCUT2D eigenvalue weighted by molar-refractivity contribution is 0.400. The lowest BCUT2D eigenvalue weighted by Gasteiger charge is -2.24. The van der Waals surface area contributed by atoms with Crippen molar-refractivity contribution in [2.24, 2.45) is 0 Å². The molecule has 1 heterocycles. The Bertz CT molecular complexity index is 319. The molecule has 0 bridgehead atoms. The summed E-state index contributed by atoms with van der Waals surface area (Å²) in [7, 11) is 0. The molecule has 1 unspecified atom stereocenters. The molecule has 1 aromatic heterocycles. The second-order valence-corrected chi connectivity index (χ2v) is 4.24. The van der Waals surface area contributed by atoms with Crippen LogP contribution in [0.1, 0.15) is 32.4 Å². The van der Waals surface area contributed by atoms with Gasteiger partial charge < -0.3 is 0 Å². The molecule has 1 atom stereocenters. The van der Waals surface area contributed by atoms with Gasteiger partial charge >= 0.3 is 0 Å². The predicted octanol–water partition coefficient (Wildman–Crippen LogP) is 2.03. The second-order valence-electron chi connectivity index (χ2n) is 4.24. The zero-order valence-electron chi connectivity index (χ0n) is 8.78. The molecule has 0 radical (unpaired) electrons. The largest absolute Gasteiger partial charge is 0.293 e. The Hall–Kier alpha value is -1.40. The summed E-state index contributed by atoms with van der Waals surface area (Å²) in [5.41, 5.74) is 0.890. The van der Waals surface area contributed by atoms with E-state index in [2.05, 4.69) is 16.4 Å². The molecule has 1 rings (SSSR count). The fraction of sp³-hybridized carbons (Fsp3) is 0.455. The smallest absolute Gasteiger partial charge is 0.121 e. The third-order valence-electron chi connectivity index (χ3n) is 1.75. The van der Waals surface area contributed by atoms with Crippen LogP contribution in [0.3, 0.4) is 0 Å². The first-order valence-electron chi connectivity index (χ1n) is 4.60. The van der Waals surface area contributed by atoms with Crippen LogP contribution >= 0.6 is 0 Å². The summed E-state index contributed by atoms with van der Waals surface area (Å²) in [5, 5.41) is 12.2. The zero-order valence-corrected chi connectivity index (χ0v) is 8.78. The highest BCUT2D eigenvalue weighted by atomic mass is 15.0. The van der Waals surface area contributed by atoms with Crippen LogP contribution in [-0.4, -0.2) is 10.5 Å². The average Bonchev–Trinajstić information content (AvgIpc) is 2.14. The van der Waals surface area contributed by atoms with E-state index in [-0.39, 0.29) is 11.6 Å². The van der Waals surface area contributed by atoms with Crippen LogP contribution in [0.5, 0.6) is 0 Å². The highest BCUT2D eigenvalue weighted by Gasteiger charge is 2.17. The van der Waals surface area contributed by atoms with Crippen molar-refractivity contribution in [1.29, 1.82) is 5.26 Å². The summed E-state index contributed by atoms with van der Waals surface area (Å²) in [6.45, 7) is 6.12. The molecule has 3 nitrogen and oxygen atoms in total. The van der Waals surface area contributed by atoms with Crippen LogP contribution in [-0.2, 0) is 0 Å². The van der Waals surface area contributed by atoms with Crippen LogP contribution < -0.4 is 5.32 Å². The van der Waals surface area contributed by atoms with Crippen molar-refractivity contribution < 1.29 is 0 Å². The Morgan fingerprint density at radius 3 is 2.36 bits per heavy atom. The molecular weight excluding hydrogens is 174 g/mol. The van der Waals surface area contributed by atoms with Gasteiger partial charge in [0, 0.05) is 17.9 Å². The minimum atomic E-state index is -0.266. The van der Waals surface area contributed by atoms with Gasteiger partial charge in [-0.25, -0.2) is 0 Å². The predicted molar refractivity (Wildman–Crippen MR) is 55.5 cm³/mol. The molecule has 3 heteroatoms. The van der Waals surface area contributed by atoms with Gasteiger partial charge in [-0.3, -0.25) is 10.3 Å². The molecule has 0 aromatic carbocycles. The standard InChI is InChI=1S/C11H15N3/c1-11(2,3)14-10(8-12)9-4-6-13-7-5-9/h4-7,10,14H,1-3H3. The monoisotopic (exact) mass is 189 g/mol. The first-order chi connectivity index (χ1) is 6.53. The Kier molecular flexibility index (Phi) is 3.21. The minimum absolute atomic E-state index is 0.0658. The Balaban J connectivity index is 2.80. The van der Waals surface area contributed by atoms with Crippen molar-refractivity contribution in [3.05, 3.63) is 30.1 Å². The molecular formula is C11H15N3. The van der Waals surface area contributed by atoms with Crippen molar-refractivity contribution in [3.8, 4) is 6.07 Å². The lowest BCUT2D eigenvalue weighted by atomic mass is 10.0. The highest BCUT2D eigenvalue weighted by molar-refractivity contribution is 5.21. The summed E-state index contributed by atoms with van der Waals surface area (Å²) >= 11 is 0. The van der Waals surface area contributed by atoms with Gasteiger partial charge in [0.25, 0.3) is 0 Å². The first kappa shape index (κ1) is 10.7. The van der Waals surface area contributed by atoms with Crippen LogP contribution in [0.15, 0.2) is 24.5 Å². The van der Waals surface area contributed by atoms with Crippen LogP contribution in [0.4, 0.5) is 0 Å². The Labute approximate surface area is 84.8 Å². The van der Waals surface area contributed by atoms with Gasteiger partial charge in [0.15, 0.2) is 0 Å². The minimum Gasteiger partial charge on any atom is -0.293 e. The van der Waals surface area contributed by atoms with Gasteiger partial charge in [0.1, 0.15) is 6.04 Å². The van der Waals surface area contributed by atoms with Crippen molar-refractivity contribution in [2.75, 3.05) is 0 Å². The Morgan fingerprint density at radius 1 is 1.36 bits per heavy atom. The molecule has 0 saturated heterocycles. The van der Waals surface area contributed by atoms with Crippen molar-refractivity contribution in [2.45, 2.75) is 32.4 Å². The number of hydrogen-bond acceptors (Lipinski definition) is 3. The number of aromatic nitrogens is 1. The van der Waals surface area contributed by atoms with Crippen molar-refractivity contribution in [1.82, 2.24) is 10.3 Å². The third kappa shape index (κ3) is 3.15. The normalized spacial score (nSPS) is 13.3. The molecule has 0 aliphatic heterocycles. The van der Waals surface area contributed by atoms with E-state index in [9.17, 15) is 0 Å². The maximum atomic E-state index is 9.01. The van der Waals surface area contributed by atoms with E-state index in [4.69, 9.17) is 5.26 Å². The summed E-state index contributed by atoms with van der Waals surface area (Å²) in [6.07, 6.45) is 3.40. The van der Waals surface area contributed by atoms with Gasteiger partial charge in [0.05, 0.1) is 6.07 Å². The van der Waals surface area contributed by atoms with Gasteiger partial charge in [-0.1, -0.05) is 0 Å². The molecule has 0 spiro atoms. The van der Waals surface area contributed by atoms with Crippen molar-refractivity contribution >= 4 is 0 Å². The fourth-order valence-corrected chi connectivity index (χ4v) is 1.18. The summed E-state index contributed by atoms with van der Waals surface area (Å²) in [4.78, 5) is 3.92. The molecule has 0 amide bonds. The van der Waals surface area contributed by atoms with E-state index in [1.807, 2.05) is 32.9 Å². The number of rotatable bonds is 2. The number of nitrogens with zero attached hydrogens (tertiary/aromatic N) is 2. The number of nitrogens with one attached hydrogen (secondary N) is 1. The first-order valence-corrected chi connectivity index (χ1v) is 4.60. The van der Waals surface area contributed by atoms with Crippen LogP contribution in [0.2, 0.25) is 0 Å². The zero-order chi connectivity index (χ0) is 10.6. The van der Waals surface area contributed by atoms with E-state index in [1.54, 1.807) is 12.4 Å². The van der Waals surface area contributed by atoms with E-state index in [0.717, 1.165) is 5.56 Å². The van der Waals surface area contributed by atoms with Gasteiger partial charge in [-0.15, -0.1) is 0 Å². The molecule has 1 N–H and O–H groups in total. The van der Waals surface area contributed by atoms with Crippen LogP contribution in [0, 0.1) is 11.3 Å². The fourth-order valence-electron chi connectivity index (χ4n) is 1.18. The third-order valence-corrected chi connectivity index (χ3v) is 1.75. The maximum absolute atomic E-state index is 9.01. The molecule has 0 fully saturated rings. The molecule has 1 aromatic rings. The van der Waals surface area contributed by atoms with Crippen molar-refractivity contribution in [3.63, 3.8) is 0 Å². The van der Waals surface area contributed by atoms with Gasteiger partial charge in [-0.05, 0) is 38.5 Å². The van der Waals surface area contributed by atoms with E-state index >= 15 is 0 Å². The van der Waals surface area contributed by atoms with E-state index in [0.29, 0.717) is 0 Å². The maximum Gasteiger partial charge on any atom is 0.121 e. The SMILES string of the molecule is CC(C)(C)NC(C#N)c1ccncc1. The van der Waals surface area contributed by atoms with Crippen LogP contribution in [0.25, 0.3) is 0 Å². The second kappa shape index (κ2) is 4.21. The van der Waals surface area contributed by atoms with E-state index < -0.39 is 0 Å². The topological polar surface area (TPSA) is 48.7 Å². The number of pyridine rings is 1. The summed E-state index contributed by atoms with van der Waals surface area (Å²) < 4.78 is 0. The quantitative estimate of drug-likeness (QED) is 0.774. The van der Waals surface area contributed by atoms with Gasteiger partial charge in [0.2, 0.25) is 0 Å². The van der Waals surface area contributed by atoms with E-state index in [1.165, 1.54) is 0 Å². The summed E-state index contributed by atoms with van der Waals surface area (Å²) in [5.74, 6) is 0.